The SMILES string of the molecule is [2H]c1c([2H])c([2H])c2c(c1[2H])c1c([2H])c(-c3ccc4c(c3)c3cc(-c5ccccc5)ccc3n4-c3cccc(-c4ccccc4)c3)c([2H])c([2H])c1n2-c1ccc(-c2ccccc2)cc1-c1ccccc1. The molecule has 0 aliphatic rings. The van der Waals surface area contributed by atoms with Gasteiger partial charge in [0.15, 0.2) is 0 Å². The Bertz CT molecular complexity index is 4010. The van der Waals surface area contributed by atoms with Gasteiger partial charge in [-0.2, -0.15) is 0 Å². The van der Waals surface area contributed by atoms with Crippen molar-refractivity contribution in [3.63, 3.8) is 0 Å². The monoisotopic (exact) mass is 795 g/mol. The highest BCUT2D eigenvalue weighted by atomic mass is 15.0. The van der Waals surface area contributed by atoms with Gasteiger partial charge < -0.3 is 9.13 Å². The van der Waals surface area contributed by atoms with Gasteiger partial charge in [0.1, 0.15) is 0 Å². The lowest BCUT2D eigenvalue weighted by molar-refractivity contribution is 1.18. The van der Waals surface area contributed by atoms with Crippen molar-refractivity contribution in [1.29, 1.82) is 0 Å². The van der Waals surface area contributed by atoms with E-state index in [0.717, 1.165) is 72.0 Å². The molecule has 0 aliphatic carbocycles. The van der Waals surface area contributed by atoms with Crippen LogP contribution in [0, 0.1) is 0 Å². The Morgan fingerprint density at radius 3 is 1.42 bits per heavy atom. The van der Waals surface area contributed by atoms with Crippen molar-refractivity contribution in [2.75, 3.05) is 0 Å². The number of fused-ring (bicyclic) bond motifs is 6. The Kier molecular flexibility index (Phi) is 6.95. The van der Waals surface area contributed by atoms with Crippen LogP contribution in [0.3, 0.4) is 0 Å². The molecule has 0 fully saturated rings. The first-order chi connectivity index (χ1) is 33.7. The van der Waals surface area contributed by atoms with Crippen LogP contribution < -0.4 is 0 Å². The van der Waals surface area contributed by atoms with Crippen LogP contribution in [-0.4, -0.2) is 9.13 Å². The smallest absolute Gasteiger partial charge is 0.0645 e. The molecule has 2 nitrogen and oxygen atoms in total. The summed E-state index contributed by atoms with van der Waals surface area (Å²) in [6.45, 7) is 0. The van der Waals surface area contributed by atoms with Crippen LogP contribution in [0.4, 0.5) is 0 Å². The molecule has 0 unspecified atom stereocenters. The van der Waals surface area contributed by atoms with Crippen LogP contribution in [0.1, 0.15) is 9.60 Å². The molecule has 0 saturated carbocycles. The molecule has 0 amide bonds. The third-order valence-corrected chi connectivity index (χ3v) is 12.0. The Balaban J connectivity index is 1.14. The lowest BCUT2D eigenvalue weighted by Crippen LogP contribution is -1.98. The third kappa shape index (κ3) is 6.04. The Morgan fingerprint density at radius 1 is 0.290 bits per heavy atom. The molecule has 0 spiro atoms. The molecule has 10 aromatic carbocycles. The molecule has 0 atom stereocenters. The molecule has 2 heterocycles. The van der Waals surface area contributed by atoms with Crippen molar-refractivity contribution in [2.24, 2.45) is 0 Å². The summed E-state index contributed by atoms with van der Waals surface area (Å²) in [5.74, 6) is 0. The van der Waals surface area contributed by atoms with Crippen LogP contribution in [0.2, 0.25) is 0 Å². The summed E-state index contributed by atoms with van der Waals surface area (Å²) < 4.78 is 70.3. The van der Waals surface area contributed by atoms with E-state index in [0.29, 0.717) is 11.3 Å². The molecule has 0 aliphatic heterocycles. The zero-order chi connectivity index (χ0) is 47.1. The van der Waals surface area contributed by atoms with Gasteiger partial charge in [-0.1, -0.05) is 176 Å². The summed E-state index contributed by atoms with van der Waals surface area (Å²) in [6, 6.07) is 65.1. The molecule has 290 valence electrons. The molecule has 0 N–H and O–H groups in total. The molecule has 0 saturated heterocycles. The minimum Gasteiger partial charge on any atom is -0.309 e. The summed E-state index contributed by atoms with van der Waals surface area (Å²) >= 11 is 0. The van der Waals surface area contributed by atoms with E-state index in [1.165, 1.54) is 0 Å². The maximum atomic E-state index is 10.1. The number of para-hydroxylation sites is 1. The maximum Gasteiger partial charge on any atom is 0.0645 e. The van der Waals surface area contributed by atoms with Crippen LogP contribution in [0.25, 0.3) is 111 Å². The van der Waals surface area contributed by atoms with Gasteiger partial charge in [0, 0.05) is 32.8 Å². The van der Waals surface area contributed by atoms with E-state index >= 15 is 0 Å². The summed E-state index contributed by atoms with van der Waals surface area (Å²) in [4.78, 5) is 0. The zero-order valence-electron chi connectivity index (χ0n) is 40.4. The number of hydrogen-bond acceptors (Lipinski definition) is 0. The van der Waals surface area contributed by atoms with Crippen LogP contribution in [0.5, 0.6) is 0 Å². The van der Waals surface area contributed by atoms with Gasteiger partial charge in [0.2, 0.25) is 0 Å². The molecular weight excluding hydrogens is 749 g/mol. The standard InChI is InChI=1S/C60H40N2/c1-5-16-41(17-6-1)45-24-15-25-50(36-45)61-58-33-29-47(43-20-9-3-10-21-43)38-54(58)55-40-49(30-34-59(55)61)48-31-35-60-53(39-48)51-26-13-14-27-56(51)62(60)57-32-28-46(42-18-7-2-8-19-42)37-52(57)44-22-11-4-12-23-44/h1-40H/i13D,14D,26D,27D,31D,35D,39D. The van der Waals surface area contributed by atoms with Gasteiger partial charge in [0.05, 0.1) is 37.3 Å². The van der Waals surface area contributed by atoms with Crippen molar-refractivity contribution in [1.82, 2.24) is 9.13 Å². The number of hydrogen-bond donors (Lipinski definition) is 0. The van der Waals surface area contributed by atoms with Crippen molar-refractivity contribution in [2.45, 2.75) is 0 Å². The van der Waals surface area contributed by atoms with Crippen molar-refractivity contribution in [3.8, 4) is 67.0 Å². The predicted octanol–water partition coefficient (Wildman–Crippen LogP) is 16.2. The van der Waals surface area contributed by atoms with Crippen LogP contribution >= 0.6 is 0 Å². The second-order valence-electron chi connectivity index (χ2n) is 15.6. The highest BCUT2D eigenvalue weighted by molar-refractivity contribution is 6.13. The fourth-order valence-electron chi connectivity index (χ4n) is 9.01. The fourth-order valence-corrected chi connectivity index (χ4v) is 9.01. The van der Waals surface area contributed by atoms with Crippen LogP contribution in [-0.2, 0) is 0 Å². The Morgan fingerprint density at radius 2 is 0.790 bits per heavy atom. The maximum absolute atomic E-state index is 10.1. The fraction of sp³-hybridized carbons (Fsp3) is 0. The van der Waals surface area contributed by atoms with E-state index in [1.807, 2.05) is 127 Å². The van der Waals surface area contributed by atoms with Crippen molar-refractivity contribution >= 4 is 43.6 Å². The minimum absolute atomic E-state index is 0.0921. The van der Waals surface area contributed by atoms with Crippen LogP contribution in [0.15, 0.2) is 242 Å². The quantitative estimate of drug-likeness (QED) is 0.152. The first-order valence-corrected chi connectivity index (χ1v) is 20.8. The van der Waals surface area contributed by atoms with E-state index in [1.54, 1.807) is 4.57 Å². The first-order valence-electron chi connectivity index (χ1n) is 24.3. The molecule has 0 bridgehead atoms. The summed E-state index contributed by atoms with van der Waals surface area (Å²) in [5.41, 5.74) is 12.3. The van der Waals surface area contributed by atoms with Gasteiger partial charge >= 0.3 is 0 Å². The molecule has 0 radical (unpaired) electrons. The molecule has 12 aromatic rings. The number of benzene rings is 10. The van der Waals surface area contributed by atoms with E-state index < -0.39 is 12.1 Å². The molecule has 2 aromatic heterocycles. The van der Waals surface area contributed by atoms with E-state index in [-0.39, 0.29) is 57.6 Å². The molecule has 2 heteroatoms. The van der Waals surface area contributed by atoms with Gasteiger partial charge in [-0.15, -0.1) is 0 Å². The molecular formula is C60H40N2. The summed E-state index contributed by atoms with van der Waals surface area (Å²) in [6.07, 6.45) is 0. The highest BCUT2D eigenvalue weighted by Crippen LogP contribution is 2.42. The zero-order valence-corrected chi connectivity index (χ0v) is 33.4. The largest absolute Gasteiger partial charge is 0.309 e. The van der Waals surface area contributed by atoms with Gasteiger partial charge in [-0.3, -0.25) is 0 Å². The van der Waals surface area contributed by atoms with E-state index in [9.17, 15) is 6.85 Å². The van der Waals surface area contributed by atoms with Gasteiger partial charge in [-0.05, 0) is 117 Å². The second kappa shape index (κ2) is 14.8. The molecule has 12 rings (SSSR count). The van der Waals surface area contributed by atoms with E-state index in [2.05, 4.69) is 77.4 Å². The summed E-state index contributed by atoms with van der Waals surface area (Å²) in [5, 5.41) is 2.18. The number of rotatable bonds is 7. The van der Waals surface area contributed by atoms with Crippen molar-refractivity contribution < 1.29 is 9.60 Å². The number of aromatic nitrogens is 2. The average Bonchev–Trinajstić information content (AvgIpc) is 3.94. The normalized spacial score (nSPS) is 13.1. The second-order valence-corrected chi connectivity index (χ2v) is 15.6. The van der Waals surface area contributed by atoms with E-state index in [4.69, 9.17) is 2.74 Å². The summed E-state index contributed by atoms with van der Waals surface area (Å²) in [7, 11) is 0. The topological polar surface area (TPSA) is 9.86 Å². The predicted molar refractivity (Wildman–Crippen MR) is 262 cm³/mol. The minimum atomic E-state index is -0.434. The highest BCUT2D eigenvalue weighted by Gasteiger charge is 2.19. The lowest BCUT2D eigenvalue weighted by atomic mass is 9.97. The van der Waals surface area contributed by atoms with Crippen molar-refractivity contribution in [3.05, 3.63) is 242 Å². The van der Waals surface area contributed by atoms with Gasteiger partial charge in [0.25, 0.3) is 0 Å². The Labute approximate surface area is 370 Å². The average molecular weight is 796 g/mol. The third-order valence-electron chi connectivity index (χ3n) is 12.0. The first kappa shape index (κ1) is 29.1. The Hall–Kier alpha value is -8.20. The lowest BCUT2D eigenvalue weighted by Gasteiger charge is -2.16. The van der Waals surface area contributed by atoms with Gasteiger partial charge in [-0.25, -0.2) is 0 Å². The molecule has 62 heavy (non-hydrogen) atoms. The number of nitrogens with zero attached hydrogens (tertiary/aromatic N) is 2.